The van der Waals surface area contributed by atoms with Gasteiger partial charge in [-0.05, 0) is 36.8 Å². The molecule has 0 aliphatic rings. The van der Waals surface area contributed by atoms with Crippen LogP contribution in [0.15, 0.2) is 79.1 Å². The summed E-state index contributed by atoms with van der Waals surface area (Å²) >= 11 is 0. The van der Waals surface area contributed by atoms with Gasteiger partial charge in [0.15, 0.2) is 11.6 Å². The summed E-state index contributed by atoms with van der Waals surface area (Å²) in [6.45, 7) is 6.85. The third-order valence-electron chi connectivity index (χ3n) is 6.11. The molecular formula is C28H27N7. The van der Waals surface area contributed by atoms with E-state index in [1.807, 2.05) is 67.6 Å². The molecule has 0 unspecified atom stereocenters. The van der Waals surface area contributed by atoms with Crippen molar-refractivity contribution in [2.45, 2.75) is 26.2 Å². The number of hydrogen-bond acceptors (Lipinski definition) is 7. The number of anilines is 2. The number of nitrogen functional groups attached to an aromatic ring is 1. The van der Waals surface area contributed by atoms with E-state index in [9.17, 15) is 0 Å². The highest BCUT2D eigenvalue weighted by atomic mass is 15.1. The van der Waals surface area contributed by atoms with E-state index in [4.69, 9.17) is 15.7 Å². The Bertz CT molecular complexity index is 1500. The molecule has 174 valence electrons. The van der Waals surface area contributed by atoms with E-state index in [0.29, 0.717) is 18.2 Å². The molecule has 0 atom stereocenters. The van der Waals surface area contributed by atoms with Crippen LogP contribution < -0.4 is 11.1 Å². The zero-order chi connectivity index (χ0) is 24.4. The average molecular weight is 462 g/mol. The van der Waals surface area contributed by atoms with Crippen molar-refractivity contribution < 1.29 is 0 Å². The molecule has 35 heavy (non-hydrogen) atoms. The van der Waals surface area contributed by atoms with Gasteiger partial charge in [0.2, 0.25) is 0 Å². The Morgan fingerprint density at radius 1 is 0.857 bits per heavy atom. The van der Waals surface area contributed by atoms with Crippen LogP contribution in [-0.4, -0.2) is 31.7 Å². The number of hydrogen-bond donors (Lipinski definition) is 2. The van der Waals surface area contributed by atoms with Crippen molar-refractivity contribution in [3.8, 4) is 22.5 Å². The van der Waals surface area contributed by atoms with Crippen molar-refractivity contribution in [1.29, 1.82) is 0 Å². The number of aryl methyl sites for hydroxylation is 1. The van der Waals surface area contributed by atoms with Gasteiger partial charge < -0.3 is 11.1 Å². The topological polar surface area (TPSA) is 102 Å². The van der Waals surface area contributed by atoms with Crippen LogP contribution in [0.5, 0.6) is 0 Å². The molecule has 0 saturated heterocycles. The first-order valence-electron chi connectivity index (χ1n) is 11.5. The first-order chi connectivity index (χ1) is 16.9. The normalized spacial score (nSPS) is 11.5. The zero-order valence-corrected chi connectivity index (χ0v) is 20.0. The van der Waals surface area contributed by atoms with E-state index in [1.165, 1.54) is 0 Å². The largest absolute Gasteiger partial charge is 0.381 e. The molecule has 0 radical (unpaired) electrons. The highest BCUT2D eigenvalue weighted by molar-refractivity contribution is 5.88. The smallest absolute Gasteiger partial charge is 0.169 e. The van der Waals surface area contributed by atoms with Crippen molar-refractivity contribution in [3.05, 3.63) is 90.4 Å². The maximum Gasteiger partial charge on any atom is 0.169 e. The lowest BCUT2D eigenvalue weighted by atomic mass is 9.86. The van der Waals surface area contributed by atoms with Crippen molar-refractivity contribution in [1.82, 2.24) is 25.1 Å². The monoisotopic (exact) mass is 461 g/mol. The summed E-state index contributed by atoms with van der Waals surface area (Å²) in [6.07, 6.45) is 3.50. The predicted molar refractivity (Wildman–Crippen MR) is 141 cm³/mol. The van der Waals surface area contributed by atoms with E-state index < -0.39 is 0 Å². The molecule has 0 aliphatic carbocycles. The first-order valence-corrected chi connectivity index (χ1v) is 11.5. The lowest BCUT2D eigenvalue weighted by Crippen LogP contribution is -2.30. The number of nitrogens with zero attached hydrogens (tertiary/aromatic N) is 5. The molecule has 5 aromatic rings. The Kier molecular flexibility index (Phi) is 5.82. The maximum absolute atomic E-state index is 6.42. The van der Waals surface area contributed by atoms with Crippen LogP contribution in [0.1, 0.15) is 25.1 Å². The number of nitrogens with two attached hydrogens (primary N) is 1. The van der Waals surface area contributed by atoms with Gasteiger partial charge >= 0.3 is 0 Å². The molecule has 3 heterocycles. The first kappa shape index (κ1) is 22.4. The molecule has 3 aromatic heterocycles. The third kappa shape index (κ3) is 4.53. The Balaban J connectivity index is 1.57. The van der Waals surface area contributed by atoms with Gasteiger partial charge in [-0.25, -0.2) is 9.97 Å². The second-order valence-electron chi connectivity index (χ2n) is 9.23. The van der Waals surface area contributed by atoms with E-state index in [-0.39, 0.29) is 5.41 Å². The number of aromatic nitrogens is 5. The Labute approximate surface area is 204 Å². The van der Waals surface area contributed by atoms with Gasteiger partial charge in [-0.15, -0.1) is 0 Å². The summed E-state index contributed by atoms with van der Waals surface area (Å²) in [5.41, 5.74) is 12.5. The molecule has 0 aliphatic heterocycles. The molecule has 7 nitrogen and oxygen atoms in total. The minimum Gasteiger partial charge on any atom is -0.381 e. The van der Waals surface area contributed by atoms with Gasteiger partial charge in [0.05, 0.1) is 22.6 Å². The van der Waals surface area contributed by atoms with E-state index in [1.54, 1.807) is 12.4 Å². The third-order valence-corrected chi connectivity index (χ3v) is 6.11. The van der Waals surface area contributed by atoms with E-state index in [0.717, 1.165) is 44.7 Å². The lowest BCUT2D eigenvalue weighted by molar-refractivity contribution is 0.525. The highest BCUT2D eigenvalue weighted by Gasteiger charge is 2.26. The molecule has 7 heteroatoms. The minimum absolute atomic E-state index is 0.292. The zero-order valence-electron chi connectivity index (χ0n) is 20.0. The quantitative estimate of drug-likeness (QED) is 0.348. The molecule has 3 N–H and O–H groups in total. The predicted octanol–water partition coefficient (Wildman–Crippen LogP) is 5.43. The number of nitrogens with one attached hydrogen (secondary N) is 1. The molecule has 0 amide bonds. The summed E-state index contributed by atoms with van der Waals surface area (Å²) < 4.78 is 0. The Morgan fingerprint density at radius 3 is 2.46 bits per heavy atom. The van der Waals surface area contributed by atoms with Crippen molar-refractivity contribution >= 4 is 22.5 Å². The number of benzene rings is 2. The SMILES string of the molecule is Cc1ccnnc1C(C)(C)CNc1nc(-c2ccc3ncccc3c2)c(-c2ccccc2)nc1N. The average Bonchev–Trinajstić information content (AvgIpc) is 2.88. The van der Waals surface area contributed by atoms with Crippen molar-refractivity contribution in [2.24, 2.45) is 0 Å². The molecule has 5 rings (SSSR count). The van der Waals surface area contributed by atoms with Crippen LogP contribution in [0.2, 0.25) is 0 Å². The van der Waals surface area contributed by atoms with E-state index >= 15 is 0 Å². The second kappa shape index (κ2) is 9.10. The summed E-state index contributed by atoms with van der Waals surface area (Å²) in [5.74, 6) is 0.891. The van der Waals surface area contributed by atoms with Crippen molar-refractivity contribution in [2.75, 3.05) is 17.6 Å². The maximum atomic E-state index is 6.42. The molecule has 0 bridgehead atoms. The molecular weight excluding hydrogens is 434 g/mol. The van der Waals surface area contributed by atoms with Crippen LogP contribution in [0.25, 0.3) is 33.4 Å². The summed E-state index contributed by atoms with van der Waals surface area (Å²) in [5, 5.41) is 12.9. The lowest BCUT2D eigenvalue weighted by Gasteiger charge is -2.26. The van der Waals surface area contributed by atoms with Crippen LogP contribution in [-0.2, 0) is 5.41 Å². The fourth-order valence-corrected chi connectivity index (χ4v) is 4.25. The van der Waals surface area contributed by atoms with Crippen LogP contribution in [0, 0.1) is 6.92 Å². The van der Waals surface area contributed by atoms with Gasteiger partial charge in [0.1, 0.15) is 0 Å². The number of fused-ring (bicyclic) bond motifs is 1. The van der Waals surface area contributed by atoms with E-state index in [2.05, 4.69) is 40.4 Å². The molecule has 0 fully saturated rings. The highest BCUT2D eigenvalue weighted by Crippen LogP contribution is 2.34. The summed E-state index contributed by atoms with van der Waals surface area (Å²) in [7, 11) is 0. The van der Waals surface area contributed by atoms with Gasteiger partial charge in [-0.3, -0.25) is 4.98 Å². The Hall–Kier alpha value is -4.39. The van der Waals surface area contributed by atoms with Crippen LogP contribution in [0.4, 0.5) is 11.6 Å². The Morgan fingerprint density at radius 2 is 1.66 bits per heavy atom. The molecule has 0 spiro atoms. The second-order valence-corrected chi connectivity index (χ2v) is 9.23. The molecule has 0 saturated carbocycles. The van der Waals surface area contributed by atoms with Gasteiger partial charge in [-0.2, -0.15) is 10.2 Å². The van der Waals surface area contributed by atoms with Crippen molar-refractivity contribution in [3.63, 3.8) is 0 Å². The van der Waals surface area contributed by atoms with Gasteiger partial charge in [-0.1, -0.05) is 56.3 Å². The number of rotatable bonds is 6. The molecule has 2 aromatic carbocycles. The van der Waals surface area contributed by atoms with Crippen LogP contribution >= 0.6 is 0 Å². The van der Waals surface area contributed by atoms with Gasteiger partial charge in [0.25, 0.3) is 0 Å². The number of pyridine rings is 1. The van der Waals surface area contributed by atoms with Gasteiger partial charge in [0, 0.05) is 40.9 Å². The standard InChI is InChI=1S/C28H27N7/c1-18-13-15-32-35-25(18)28(2,3)17-31-27-26(29)33-23(19-8-5-4-6-9-19)24(34-27)21-11-12-22-20(16-21)10-7-14-30-22/h4-16H,17H2,1-3H3,(H2,29,33)(H,31,34). The summed E-state index contributed by atoms with van der Waals surface area (Å²) in [4.78, 5) is 14.2. The van der Waals surface area contributed by atoms with Crippen LogP contribution in [0.3, 0.4) is 0 Å². The fourth-order valence-electron chi connectivity index (χ4n) is 4.25. The fraction of sp³-hybridized carbons (Fsp3) is 0.179. The minimum atomic E-state index is -0.292. The summed E-state index contributed by atoms with van der Waals surface area (Å²) in [6, 6.07) is 22.1.